The maximum absolute atomic E-state index is 10.8. The number of nitro benzene ring substituents is 6. The molecule has 0 aliphatic carbocycles. The van der Waals surface area contributed by atoms with E-state index in [0.717, 1.165) is 18.2 Å². The summed E-state index contributed by atoms with van der Waals surface area (Å²) in [5.41, 5.74) is -4.06. The third-order valence-corrected chi connectivity index (χ3v) is 6.65. The van der Waals surface area contributed by atoms with Crippen LogP contribution in [-0.4, -0.2) is 59.8 Å². The van der Waals surface area contributed by atoms with E-state index in [0.29, 0.717) is 0 Å². The summed E-state index contributed by atoms with van der Waals surface area (Å²) in [5, 5.41) is 93.2. The van der Waals surface area contributed by atoms with E-state index in [2.05, 4.69) is 15.0 Å². The van der Waals surface area contributed by atoms with Gasteiger partial charge in [-0.25, -0.2) is 0 Å². The van der Waals surface area contributed by atoms with E-state index in [1.54, 1.807) is 0 Å². The molecule has 3 N–H and O–H groups in total. The molecule has 0 aliphatic heterocycles. The van der Waals surface area contributed by atoms with Gasteiger partial charge in [0.2, 0.25) is 17.2 Å². The maximum Gasteiger partial charge on any atom is 0.319 e. The van der Waals surface area contributed by atoms with Gasteiger partial charge in [0.1, 0.15) is 16.6 Å². The van der Waals surface area contributed by atoms with Crippen LogP contribution >= 0.6 is 0 Å². The maximum atomic E-state index is 10.8. The van der Waals surface area contributed by atoms with E-state index in [9.17, 15) is 76.0 Å². The number of hydrogen-bond donors (Lipinski definition) is 3. The van der Waals surface area contributed by atoms with Gasteiger partial charge in [-0.15, -0.1) is 0 Å². The van der Waals surface area contributed by atoms with Crippen LogP contribution < -0.4 is 0 Å². The second kappa shape index (κ2) is 16.1. The minimum Gasteiger partial charge on any atom is -0.501 e. The summed E-state index contributed by atoms with van der Waals surface area (Å²) in [7, 11) is 0. The molecular weight excluding hydrogens is 865 g/mol. The van der Waals surface area contributed by atoms with Gasteiger partial charge in [0, 0.05) is 55.5 Å². The van der Waals surface area contributed by atoms with Crippen LogP contribution in [0.4, 0.5) is 34.1 Å². The Morgan fingerprint density at radius 1 is 0.404 bits per heavy atom. The predicted molar refractivity (Wildman–Crippen MR) is 170 cm³/mol. The normalized spacial score (nSPS) is 10.2. The van der Waals surface area contributed by atoms with Gasteiger partial charge in [-0.1, -0.05) is 0 Å². The van der Waals surface area contributed by atoms with Crippen molar-refractivity contribution in [1.82, 2.24) is 15.0 Å². The molecule has 0 amide bonds. The minimum absolute atomic E-state index is 0. The van der Waals surface area contributed by atoms with Crippen LogP contribution in [0.3, 0.4) is 0 Å². The number of rotatable bonds is 6. The first kappa shape index (κ1) is 39.4. The summed E-state index contributed by atoms with van der Waals surface area (Å²) >= 11 is 0. The molecule has 25 heteroatoms. The molecule has 0 saturated heterocycles. The van der Waals surface area contributed by atoms with Gasteiger partial charge in [0.15, 0.2) is 0 Å². The second-order valence-electron chi connectivity index (χ2n) is 9.53. The minimum atomic E-state index is -0.892. The molecule has 273 valence electrons. The van der Waals surface area contributed by atoms with Crippen LogP contribution in [0.5, 0.6) is 17.2 Å². The van der Waals surface area contributed by atoms with Gasteiger partial charge in [-0.3, -0.25) is 75.6 Å². The van der Waals surface area contributed by atoms with Crippen molar-refractivity contribution in [2.45, 2.75) is 0 Å². The Kier molecular flexibility index (Phi) is 12.2. The summed E-state index contributed by atoms with van der Waals surface area (Å²) < 4.78 is 0. The molecule has 3 aromatic carbocycles. The van der Waals surface area contributed by atoms with Crippen LogP contribution in [0.1, 0.15) is 0 Å². The topological polar surface area (TPSA) is 358 Å². The number of pyridine rings is 3. The molecule has 0 spiro atoms. The predicted octanol–water partition coefficient (Wildman–Crippen LogP) is 5.27. The van der Waals surface area contributed by atoms with E-state index in [1.807, 2.05) is 0 Å². The monoisotopic (exact) mass is 880 g/mol. The van der Waals surface area contributed by atoms with E-state index in [1.165, 1.54) is 55.0 Å². The SMILES string of the molecule is O=[N+]([O-])c1cc([N+](=O)[O-])c2cccnc2c1O.O=[N+]([O-])c1cc([N+](=O)[O-])c2cccnc2c1O.O=[N+]([O-])c1cc([N+](=O)[O-])c2cccnc2c1O.[Lu]. The van der Waals surface area contributed by atoms with Crippen molar-refractivity contribution in [3.05, 3.63) is 134 Å². The van der Waals surface area contributed by atoms with Crippen molar-refractivity contribution in [1.29, 1.82) is 0 Å². The smallest absolute Gasteiger partial charge is 0.319 e. The Hall–Kier alpha value is -7.08. The Balaban J connectivity index is 0.000000208. The molecule has 3 aromatic heterocycles. The largest absolute Gasteiger partial charge is 0.501 e. The number of benzene rings is 3. The molecule has 24 nitrogen and oxygen atoms in total. The summed E-state index contributed by atoms with van der Waals surface area (Å²) in [5.74, 6) is -2.01. The Morgan fingerprint density at radius 2 is 0.615 bits per heavy atom. The van der Waals surface area contributed by atoms with Gasteiger partial charge >= 0.3 is 17.1 Å². The van der Waals surface area contributed by atoms with Crippen LogP contribution in [-0.2, 0) is 0 Å². The fraction of sp³-hybridized carbons (Fsp3) is 0. The number of non-ortho nitro benzene ring substituents is 3. The van der Waals surface area contributed by atoms with Crippen LogP contribution in [0.15, 0.2) is 73.2 Å². The fourth-order valence-electron chi connectivity index (χ4n) is 4.46. The van der Waals surface area contributed by atoms with Crippen molar-refractivity contribution in [3.63, 3.8) is 0 Å². The number of nitro groups is 6. The van der Waals surface area contributed by atoms with E-state index in [4.69, 9.17) is 0 Å². The molecule has 3 heterocycles. The Morgan fingerprint density at radius 3 is 0.808 bits per heavy atom. The van der Waals surface area contributed by atoms with Gasteiger partial charge < -0.3 is 15.3 Å². The first-order chi connectivity index (χ1) is 24.1. The van der Waals surface area contributed by atoms with E-state index >= 15 is 0 Å². The number of nitrogens with zero attached hydrogens (tertiary/aromatic N) is 9. The van der Waals surface area contributed by atoms with E-state index < -0.39 is 80.9 Å². The molecule has 0 saturated carbocycles. The van der Waals surface area contributed by atoms with E-state index in [-0.39, 0.29) is 69.6 Å². The molecular formula is C27H15LuN9O15. The number of aromatic nitrogens is 3. The van der Waals surface area contributed by atoms with Crippen LogP contribution in [0.2, 0.25) is 0 Å². The first-order valence-electron chi connectivity index (χ1n) is 13.2. The third-order valence-electron chi connectivity index (χ3n) is 6.65. The number of fused-ring (bicyclic) bond motifs is 3. The molecule has 6 aromatic rings. The molecule has 0 aliphatic rings. The van der Waals surface area contributed by atoms with Crippen molar-refractivity contribution in [3.8, 4) is 17.2 Å². The molecule has 1 radical (unpaired) electrons. The molecule has 0 atom stereocenters. The Bertz CT molecular complexity index is 2200. The van der Waals surface area contributed by atoms with Gasteiger partial charge in [0.25, 0.3) is 17.1 Å². The fourth-order valence-corrected chi connectivity index (χ4v) is 4.46. The summed E-state index contributed by atoms with van der Waals surface area (Å²) in [6.45, 7) is 0. The van der Waals surface area contributed by atoms with Crippen LogP contribution in [0, 0.1) is 97.6 Å². The molecule has 0 fully saturated rings. The average molecular weight is 880 g/mol. The standard InChI is InChI=1S/3C9H5N3O5.Lu/c3*13-9-7(12(16)17)4-6(11(14)15)5-2-1-3-10-8(5)9;/h3*1-4,13H;. The summed E-state index contributed by atoms with van der Waals surface area (Å²) in [6.07, 6.45) is 3.86. The number of hydrogen-bond acceptors (Lipinski definition) is 18. The van der Waals surface area contributed by atoms with Gasteiger partial charge in [-0.05, 0) is 36.4 Å². The van der Waals surface area contributed by atoms with Crippen molar-refractivity contribution in [2.24, 2.45) is 0 Å². The zero-order valence-electron chi connectivity index (χ0n) is 25.0. The third kappa shape index (κ3) is 7.87. The van der Waals surface area contributed by atoms with Crippen molar-refractivity contribution in [2.75, 3.05) is 0 Å². The number of phenols is 3. The quantitative estimate of drug-likeness (QED) is 0.142. The first-order valence-corrected chi connectivity index (χ1v) is 13.2. The zero-order chi connectivity index (χ0) is 37.7. The molecule has 0 unspecified atom stereocenters. The van der Waals surface area contributed by atoms with Gasteiger partial charge in [0.05, 0.1) is 63.9 Å². The molecule has 6 rings (SSSR count). The zero-order valence-corrected chi connectivity index (χ0v) is 26.6. The van der Waals surface area contributed by atoms with Crippen molar-refractivity contribution >= 4 is 66.8 Å². The molecule has 52 heavy (non-hydrogen) atoms. The second-order valence-corrected chi connectivity index (χ2v) is 9.53. The molecule has 0 bridgehead atoms. The number of phenolic OH excluding ortho intramolecular Hbond substituents is 3. The van der Waals surface area contributed by atoms with Crippen LogP contribution in [0.25, 0.3) is 32.7 Å². The Labute approximate surface area is 313 Å². The summed E-state index contributed by atoms with van der Waals surface area (Å²) in [4.78, 5) is 70.4. The number of aromatic hydroxyl groups is 3. The average Bonchev–Trinajstić information content (AvgIpc) is 3.08. The van der Waals surface area contributed by atoms with Crippen molar-refractivity contribution < 1.29 is 81.7 Å². The summed E-state index contributed by atoms with van der Waals surface area (Å²) in [6, 6.07) is 10.6. The van der Waals surface area contributed by atoms with Gasteiger partial charge in [-0.2, -0.15) is 0 Å².